The average molecular weight is 344 g/mol. The van der Waals surface area contributed by atoms with Crippen LogP contribution in [0.15, 0.2) is 48.8 Å². The van der Waals surface area contributed by atoms with Crippen molar-refractivity contribution in [1.29, 1.82) is 5.26 Å². The molecule has 3 aromatic rings. The molecular weight excluding hydrogens is 324 g/mol. The SMILES string of the molecule is Cc1ccc2nc(C)c(C(=O)N(CCC#N)Cc3cccnc3)cc2c1. The molecule has 0 spiro atoms. The molecule has 0 radical (unpaired) electrons. The van der Waals surface area contributed by atoms with Crippen molar-refractivity contribution in [3.05, 3.63) is 71.2 Å². The van der Waals surface area contributed by atoms with Crippen LogP contribution in [0.1, 0.15) is 33.6 Å². The van der Waals surface area contributed by atoms with E-state index in [1.165, 1.54) is 0 Å². The second-order valence-electron chi connectivity index (χ2n) is 6.31. The summed E-state index contributed by atoms with van der Waals surface area (Å²) in [5.74, 6) is -0.113. The molecule has 0 N–H and O–H groups in total. The summed E-state index contributed by atoms with van der Waals surface area (Å²) >= 11 is 0. The molecule has 0 fully saturated rings. The van der Waals surface area contributed by atoms with Crippen molar-refractivity contribution in [2.24, 2.45) is 0 Å². The molecule has 5 heteroatoms. The zero-order valence-electron chi connectivity index (χ0n) is 14.9. The molecular formula is C21H20N4O. The number of benzene rings is 1. The lowest BCUT2D eigenvalue weighted by molar-refractivity contribution is 0.0745. The number of hydrogen-bond donors (Lipinski definition) is 0. The number of carbonyl (C=O) groups is 1. The van der Waals surface area contributed by atoms with Crippen molar-refractivity contribution in [1.82, 2.24) is 14.9 Å². The van der Waals surface area contributed by atoms with Gasteiger partial charge in [-0.05, 0) is 43.7 Å². The maximum atomic E-state index is 13.2. The van der Waals surface area contributed by atoms with Gasteiger partial charge in [0, 0.05) is 30.9 Å². The van der Waals surface area contributed by atoms with E-state index < -0.39 is 0 Å². The maximum Gasteiger partial charge on any atom is 0.256 e. The summed E-state index contributed by atoms with van der Waals surface area (Å²) in [4.78, 5) is 23.5. The lowest BCUT2D eigenvalue weighted by atomic mass is 10.1. The summed E-state index contributed by atoms with van der Waals surface area (Å²) in [6, 6.07) is 13.8. The number of amides is 1. The highest BCUT2D eigenvalue weighted by Gasteiger charge is 2.19. The molecule has 5 nitrogen and oxygen atoms in total. The second-order valence-corrected chi connectivity index (χ2v) is 6.31. The Morgan fingerprint density at radius 3 is 2.81 bits per heavy atom. The Hall–Kier alpha value is -3.26. The predicted molar refractivity (Wildman–Crippen MR) is 100 cm³/mol. The Morgan fingerprint density at radius 2 is 2.08 bits per heavy atom. The van der Waals surface area contributed by atoms with Crippen LogP contribution in [0.2, 0.25) is 0 Å². The number of carbonyl (C=O) groups excluding carboxylic acids is 1. The molecule has 2 heterocycles. The lowest BCUT2D eigenvalue weighted by Gasteiger charge is -2.22. The molecule has 26 heavy (non-hydrogen) atoms. The maximum absolute atomic E-state index is 13.2. The number of pyridine rings is 2. The summed E-state index contributed by atoms with van der Waals surface area (Å²) in [5, 5.41) is 9.89. The van der Waals surface area contributed by atoms with Gasteiger partial charge in [-0.25, -0.2) is 0 Å². The topological polar surface area (TPSA) is 69.9 Å². The van der Waals surface area contributed by atoms with Gasteiger partial charge in [-0.2, -0.15) is 5.26 Å². The van der Waals surface area contributed by atoms with Gasteiger partial charge in [-0.15, -0.1) is 0 Å². The van der Waals surface area contributed by atoms with Gasteiger partial charge in [0.05, 0.1) is 29.3 Å². The third-order valence-electron chi connectivity index (χ3n) is 4.27. The second kappa shape index (κ2) is 7.75. The Labute approximate surface area is 152 Å². The molecule has 3 rings (SSSR count). The summed E-state index contributed by atoms with van der Waals surface area (Å²) in [7, 11) is 0. The van der Waals surface area contributed by atoms with Crippen LogP contribution in [-0.4, -0.2) is 27.3 Å². The molecule has 1 aromatic carbocycles. The van der Waals surface area contributed by atoms with E-state index in [4.69, 9.17) is 5.26 Å². The number of rotatable bonds is 5. The average Bonchev–Trinajstić information content (AvgIpc) is 2.65. The van der Waals surface area contributed by atoms with Crippen LogP contribution in [0.5, 0.6) is 0 Å². The number of nitrogens with zero attached hydrogens (tertiary/aromatic N) is 4. The highest BCUT2D eigenvalue weighted by Crippen LogP contribution is 2.20. The standard InChI is InChI=1S/C21H20N4O/c1-15-6-7-20-18(11-15)12-19(16(2)24-20)21(26)25(10-4-8-22)14-17-5-3-9-23-13-17/h3,5-7,9,11-13H,4,10,14H2,1-2H3. The van der Waals surface area contributed by atoms with E-state index >= 15 is 0 Å². The first kappa shape index (κ1) is 17.6. The van der Waals surface area contributed by atoms with Gasteiger partial charge >= 0.3 is 0 Å². The normalized spacial score (nSPS) is 10.5. The monoisotopic (exact) mass is 344 g/mol. The zero-order chi connectivity index (χ0) is 18.5. The molecule has 0 saturated heterocycles. The van der Waals surface area contributed by atoms with Crippen LogP contribution in [0, 0.1) is 25.2 Å². The van der Waals surface area contributed by atoms with Gasteiger partial charge in [0.25, 0.3) is 5.91 Å². The first-order chi connectivity index (χ1) is 12.6. The van der Waals surface area contributed by atoms with Gasteiger partial charge < -0.3 is 4.90 Å². The fourth-order valence-electron chi connectivity index (χ4n) is 2.93. The van der Waals surface area contributed by atoms with Crippen molar-refractivity contribution in [2.75, 3.05) is 6.54 Å². The van der Waals surface area contributed by atoms with E-state index in [0.29, 0.717) is 24.3 Å². The minimum atomic E-state index is -0.113. The quantitative estimate of drug-likeness (QED) is 0.706. The zero-order valence-corrected chi connectivity index (χ0v) is 14.9. The summed E-state index contributed by atoms with van der Waals surface area (Å²) in [5.41, 5.74) is 4.20. The third kappa shape index (κ3) is 3.86. The number of hydrogen-bond acceptors (Lipinski definition) is 4. The Balaban J connectivity index is 1.96. The molecule has 0 saturated carbocycles. The van der Waals surface area contributed by atoms with Crippen molar-refractivity contribution in [3.8, 4) is 6.07 Å². The van der Waals surface area contributed by atoms with Crippen molar-refractivity contribution in [2.45, 2.75) is 26.8 Å². The number of aromatic nitrogens is 2. The third-order valence-corrected chi connectivity index (χ3v) is 4.27. The van der Waals surface area contributed by atoms with E-state index in [-0.39, 0.29) is 12.3 Å². The first-order valence-electron chi connectivity index (χ1n) is 8.51. The molecule has 0 unspecified atom stereocenters. The fourth-order valence-corrected chi connectivity index (χ4v) is 2.93. The highest BCUT2D eigenvalue weighted by molar-refractivity contribution is 5.98. The van der Waals surface area contributed by atoms with E-state index in [1.54, 1.807) is 17.3 Å². The van der Waals surface area contributed by atoms with Gasteiger partial charge in [0.1, 0.15) is 0 Å². The van der Waals surface area contributed by atoms with Gasteiger partial charge in [0.15, 0.2) is 0 Å². The molecule has 0 aliphatic heterocycles. The van der Waals surface area contributed by atoms with Crippen LogP contribution >= 0.6 is 0 Å². The number of aryl methyl sites for hydroxylation is 2. The minimum absolute atomic E-state index is 0.113. The van der Waals surface area contributed by atoms with Crippen molar-refractivity contribution in [3.63, 3.8) is 0 Å². The molecule has 0 bridgehead atoms. The van der Waals surface area contributed by atoms with Crippen LogP contribution < -0.4 is 0 Å². The highest BCUT2D eigenvalue weighted by atomic mass is 16.2. The summed E-state index contributed by atoms with van der Waals surface area (Å²) in [6.45, 7) is 4.65. The van der Waals surface area contributed by atoms with Crippen molar-refractivity contribution >= 4 is 16.8 Å². The summed E-state index contributed by atoms with van der Waals surface area (Å²) in [6.07, 6.45) is 3.72. The number of nitriles is 1. The lowest BCUT2D eigenvalue weighted by Crippen LogP contribution is -2.32. The van der Waals surface area contributed by atoms with Gasteiger partial charge in [0.2, 0.25) is 0 Å². The smallest absolute Gasteiger partial charge is 0.256 e. The van der Waals surface area contributed by atoms with Crippen LogP contribution in [0.3, 0.4) is 0 Å². The molecule has 0 atom stereocenters. The van der Waals surface area contributed by atoms with E-state index in [0.717, 1.165) is 22.0 Å². The number of fused-ring (bicyclic) bond motifs is 1. The van der Waals surface area contributed by atoms with Crippen LogP contribution in [-0.2, 0) is 6.54 Å². The molecule has 2 aromatic heterocycles. The van der Waals surface area contributed by atoms with Crippen LogP contribution in [0.25, 0.3) is 10.9 Å². The molecule has 1 amide bonds. The van der Waals surface area contributed by atoms with Gasteiger partial charge in [-0.3, -0.25) is 14.8 Å². The Kier molecular flexibility index (Phi) is 5.23. The van der Waals surface area contributed by atoms with Gasteiger partial charge in [-0.1, -0.05) is 17.7 Å². The Bertz CT molecular complexity index is 976. The van der Waals surface area contributed by atoms with E-state index in [1.807, 2.05) is 50.2 Å². The summed E-state index contributed by atoms with van der Waals surface area (Å²) < 4.78 is 0. The van der Waals surface area contributed by atoms with Crippen LogP contribution in [0.4, 0.5) is 0 Å². The first-order valence-corrected chi connectivity index (χ1v) is 8.51. The largest absolute Gasteiger partial charge is 0.333 e. The predicted octanol–water partition coefficient (Wildman–Crippen LogP) is 3.80. The molecule has 130 valence electrons. The fraction of sp³-hybridized carbons (Fsp3) is 0.238. The minimum Gasteiger partial charge on any atom is -0.333 e. The van der Waals surface area contributed by atoms with Crippen molar-refractivity contribution < 1.29 is 4.79 Å². The van der Waals surface area contributed by atoms with E-state index in [9.17, 15) is 4.79 Å². The Morgan fingerprint density at radius 1 is 1.23 bits per heavy atom. The molecule has 0 aliphatic carbocycles. The molecule has 0 aliphatic rings. The van der Waals surface area contributed by atoms with E-state index in [2.05, 4.69) is 16.0 Å².